The van der Waals surface area contributed by atoms with Crippen LogP contribution in [0, 0.1) is 0 Å². The van der Waals surface area contributed by atoms with Crippen LogP contribution in [0.15, 0.2) is 23.2 Å². The molecule has 6 nitrogen and oxygen atoms in total. The van der Waals surface area contributed by atoms with Crippen molar-refractivity contribution in [3.05, 3.63) is 23.2 Å². The van der Waals surface area contributed by atoms with Crippen LogP contribution >= 0.6 is 15.9 Å². The Balaban J connectivity index is 1.93. The maximum atomic E-state index is 11.7. The Labute approximate surface area is 112 Å². The fourth-order valence-corrected chi connectivity index (χ4v) is 2.47. The number of carbonyl (C=O) groups excluding carboxylic acids is 1. The molecule has 1 aliphatic heterocycles. The molecular formula is C11H12BrN5O. The second-order valence-electron chi connectivity index (χ2n) is 4.20. The summed E-state index contributed by atoms with van der Waals surface area (Å²) in [6.45, 7) is 0.752. The number of halogens is 1. The maximum Gasteiger partial charge on any atom is 0.242 e. The van der Waals surface area contributed by atoms with Gasteiger partial charge in [0.25, 0.3) is 0 Å². The largest absolute Gasteiger partial charge is 0.355 e. The van der Waals surface area contributed by atoms with Crippen molar-refractivity contribution in [3.8, 4) is 0 Å². The van der Waals surface area contributed by atoms with Crippen LogP contribution in [0.1, 0.15) is 12.8 Å². The van der Waals surface area contributed by atoms with Crippen molar-refractivity contribution in [1.29, 1.82) is 0 Å². The first kappa shape index (κ1) is 11.5. The number of nitrogens with one attached hydrogen (secondary N) is 2. The van der Waals surface area contributed by atoms with Gasteiger partial charge in [0.05, 0.1) is 0 Å². The molecule has 18 heavy (non-hydrogen) atoms. The minimum atomic E-state index is -0.235. The topological polar surface area (TPSA) is 71.3 Å². The van der Waals surface area contributed by atoms with Crippen molar-refractivity contribution in [3.63, 3.8) is 0 Å². The monoisotopic (exact) mass is 309 g/mol. The Kier molecular flexibility index (Phi) is 2.91. The third kappa shape index (κ3) is 2.05. The van der Waals surface area contributed by atoms with E-state index in [1.165, 1.54) is 0 Å². The van der Waals surface area contributed by atoms with E-state index in [2.05, 4.69) is 36.5 Å². The fourth-order valence-electron chi connectivity index (χ4n) is 2.07. The van der Waals surface area contributed by atoms with E-state index in [0.717, 1.165) is 25.0 Å². The quantitative estimate of drug-likeness (QED) is 0.874. The minimum absolute atomic E-state index is 0.0210. The molecule has 2 aromatic heterocycles. The molecule has 0 bridgehead atoms. The Morgan fingerprint density at radius 3 is 3.28 bits per heavy atom. The zero-order valence-corrected chi connectivity index (χ0v) is 11.1. The molecule has 1 amide bonds. The van der Waals surface area contributed by atoms with E-state index in [1.54, 1.807) is 6.20 Å². The third-order valence-corrected chi connectivity index (χ3v) is 3.32. The number of imidazole rings is 1. The number of aromatic nitrogens is 3. The summed E-state index contributed by atoms with van der Waals surface area (Å²) in [5.41, 5.74) is 0.719. The number of fused-ring (bicyclic) bond motifs is 1. The van der Waals surface area contributed by atoms with Crippen molar-refractivity contribution in [2.24, 2.45) is 0 Å². The van der Waals surface area contributed by atoms with Crippen molar-refractivity contribution in [1.82, 2.24) is 19.7 Å². The molecule has 0 aliphatic carbocycles. The molecule has 7 heteroatoms. The summed E-state index contributed by atoms with van der Waals surface area (Å²) in [5.74, 6) is 0.643. The van der Waals surface area contributed by atoms with E-state index >= 15 is 0 Å². The SMILES string of the molecule is O=C1NCCCC1Nc1nc(Br)cn2ccnc12. The van der Waals surface area contributed by atoms with Gasteiger partial charge in [-0.15, -0.1) is 0 Å². The molecule has 94 valence electrons. The van der Waals surface area contributed by atoms with E-state index < -0.39 is 0 Å². The molecule has 1 unspecified atom stereocenters. The van der Waals surface area contributed by atoms with Gasteiger partial charge in [0, 0.05) is 25.1 Å². The number of hydrogen-bond acceptors (Lipinski definition) is 4. The van der Waals surface area contributed by atoms with E-state index in [1.807, 2.05) is 16.8 Å². The van der Waals surface area contributed by atoms with Crippen LogP contribution in [0.2, 0.25) is 0 Å². The number of rotatable bonds is 2. The highest BCUT2D eigenvalue weighted by atomic mass is 79.9. The average molecular weight is 310 g/mol. The number of nitrogens with zero attached hydrogens (tertiary/aromatic N) is 3. The van der Waals surface area contributed by atoms with Crippen LogP contribution in [0.5, 0.6) is 0 Å². The average Bonchev–Trinajstić information content (AvgIpc) is 2.80. The standard InChI is InChI=1S/C11H12BrN5O/c12-8-6-17-5-4-13-10(17)9(16-8)15-7-2-1-3-14-11(7)18/h4-7H,1-3H2,(H,14,18)(H,15,16). The van der Waals surface area contributed by atoms with Crippen LogP contribution in [0.4, 0.5) is 5.82 Å². The number of carbonyl (C=O) groups is 1. The first-order chi connectivity index (χ1) is 8.74. The predicted molar refractivity (Wildman–Crippen MR) is 70.3 cm³/mol. The summed E-state index contributed by atoms with van der Waals surface area (Å²) in [7, 11) is 0. The molecule has 1 aliphatic rings. The molecule has 0 spiro atoms. The van der Waals surface area contributed by atoms with Crippen LogP contribution in [-0.2, 0) is 4.79 Å². The van der Waals surface area contributed by atoms with Gasteiger partial charge in [0.2, 0.25) is 5.91 Å². The molecule has 3 rings (SSSR count). The molecule has 3 heterocycles. The highest BCUT2D eigenvalue weighted by Gasteiger charge is 2.23. The minimum Gasteiger partial charge on any atom is -0.355 e. The van der Waals surface area contributed by atoms with E-state index in [0.29, 0.717) is 10.4 Å². The summed E-state index contributed by atoms with van der Waals surface area (Å²) < 4.78 is 2.56. The molecular weight excluding hydrogens is 298 g/mol. The first-order valence-corrected chi connectivity index (χ1v) is 6.57. The van der Waals surface area contributed by atoms with Crippen molar-refractivity contribution < 1.29 is 4.79 Å². The smallest absolute Gasteiger partial charge is 0.242 e. The molecule has 1 atom stereocenters. The van der Waals surface area contributed by atoms with Gasteiger partial charge in [0.1, 0.15) is 10.6 Å². The summed E-state index contributed by atoms with van der Waals surface area (Å²) in [4.78, 5) is 20.3. The maximum absolute atomic E-state index is 11.7. The lowest BCUT2D eigenvalue weighted by molar-refractivity contribution is -0.123. The van der Waals surface area contributed by atoms with E-state index in [9.17, 15) is 4.79 Å². The van der Waals surface area contributed by atoms with Crippen LogP contribution < -0.4 is 10.6 Å². The lowest BCUT2D eigenvalue weighted by Gasteiger charge is -2.23. The lowest BCUT2D eigenvalue weighted by atomic mass is 10.1. The summed E-state index contributed by atoms with van der Waals surface area (Å²) in [5, 5.41) is 6.00. The van der Waals surface area contributed by atoms with Gasteiger partial charge in [-0.2, -0.15) is 0 Å². The van der Waals surface area contributed by atoms with Gasteiger partial charge in [-0.05, 0) is 28.8 Å². The van der Waals surface area contributed by atoms with Gasteiger partial charge in [-0.25, -0.2) is 9.97 Å². The molecule has 0 radical (unpaired) electrons. The number of piperidine rings is 1. The molecule has 2 aromatic rings. The molecule has 0 aromatic carbocycles. The number of anilines is 1. The molecule has 1 fully saturated rings. The second kappa shape index (κ2) is 4.56. The number of hydrogen-bond donors (Lipinski definition) is 2. The van der Waals surface area contributed by atoms with Gasteiger partial charge in [-0.3, -0.25) is 4.79 Å². The third-order valence-electron chi connectivity index (χ3n) is 2.94. The zero-order valence-electron chi connectivity index (χ0n) is 9.56. The lowest BCUT2D eigenvalue weighted by Crippen LogP contribution is -2.44. The zero-order chi connectivity index (χ0) is 12.5. The van der Waals surface area contributed by atoms with Crippen LogP contribution in [0.3, 0.4) is 0 Å². The Hall–Kier alpha value is -1.63. The Bertz CT molecular complexity index is 596. The van der Waals surface area contributed by atoms with Crippen molar-refractivity contribution >= 4 is 33.3 Å². The highest BCUT2D eigenvalue weighted by Crippen LogP contribution is 2.19. The van der Waals surface area contributed by atoms with E-state index in [4.69, 9.17) is 0 Å². The highest BCUT2D eigenvalue weighted by molar-refractivity contribution is 9.10. The predicted octanol–water partition coefficient (Wildman–Crippen LogP) is 1.18. The van der Waals surface area contributed by atoms with Crippen molar-refractivity contribution in [2.45, 2.75) is 18.9 Å². The second-order valence-corrected chi connectivity index (χ2v) is 5.01. The van der Waals surface area contributed by atoms with Crippen molar-refractivity contribution in [2.75, 3.05) is 11.9 Å². The Morgan fingerprint density at radius 1 is 1.56 bits per heavy atom. The van der Waals surface area contributed by atoms with Crippen LogP contribution in [-0.4, -0.2) is 32.9 Å². The van der Waals surface area contributed by atoms with E-state index in [-0.39, 0.29) is 11.9 Å². The van der Waals surface area contributed by atoms with Gasteiger partial charge in [-0.1, -0.05) is 0 Å². The van der Waals surface area contributed by atoms with Gasteiger partial charge in [0.15, 0.2) is 11.5 Å². The van der Waals surface area contributed by atoms with Gasteiger partial charge >= 0.3 is 0 Å². The number of amides is 1. The summed E-state index contributed by atoms with van der Waals surface area (Å²) >= 11 is 3.35. The first-order valence-electron chi connectivity index (χ1n) is 5.77. The molecule has 0 saturated carbocycles. The van der Waals surface area contributed by atoms with Gasteiger partial charge < -0.3 is 15.0 Å². The normalized spacial score (nSPS) is 19.8. The van der Waals surface area contributed by atoms with Crippen LogP contribution in [0.25, 0.3) is 5.65 Å². The summed E-state index contributed by atoms with van der Waals surface area (Å²) in [6, 6.07) is -0.235. The summed E-state index contributed by atoms with van der Waals surface area (Å²) in [6.07, 6.45) is 7.16. The Morgan fingerprint density at radius 2 is 2.44 bits per heavy atom. The molecule has 1 saturated heterocycles. The molecule has 2 N–H and O–H groups in total. The fraction of sp³-hybridized carbons (Fsp3) is 0.364.